The molecule has 1 fully saturated rings. The minimum absolute atomic E-state index is 0.735. The van der Waals surface area contributed by atoms with Crippen molar-refractivity contribution in [2.24, 2.45) is 5.16 Å². The maximum atomic E-state index is 5.34. The molecular weight excluding hydrogens is 258 g/mol. The van der Waals surface area contributed by atoms with Crippen LogP contribution in [0.1, 0.15) is 81.8 Å². The Labute approximate surface area is 129 Å². The normalized spacial score (nSPS) is 16.4. The Hall–Kier alpha value is -1.31. The third-order valence-electron chi connectivity index (χ3n) is 4.35. The van der Waals surface area contributed by atoms with Crippen molar-refractivity contribution in [3.63, 3.8) is 0 Å². The fourth-order valence-corrected chi connectivity index (χ4v) is 3.07. The zero-order valence-corrected chi connectivity index (χ0v) is 13.4. The quantitative estimate of drug-likeness (QED) is 0.343. The Kier molecular flexibility index (Phi) is 7.34. The van der Waals surface area contributed by atoms with Crippen LogP contribution in [-0.2, 0) is 4.84 Å². The predicted octanol–water partition coefficient (Wildman–Crippen LogP) is 5.67. The van der Waals surface area contributed by atoms with Crippen molar-refractivity contribution < 1.29 is 4.84 Å². The van der Waals surface area contributed by atoms with Crippen LogP contribution in [0, 0.1) is 0 Å². The van der Waals surface area contributed by atoms with Crippen LogP contribution in [0.3, 0.4) is 0 Å². The number of oxime groups is 1. The standard InChI is InChI=1S/C19H29NO/c1-2-3-4-8-14-21-20-16-17-10-9-13-19(15-17)18-11-6-5-7-12-18/h9-10,13,15-16,18H,2-8,11-12,14H2,1H3. The summed E-state index contributed by atoms with van der Waals surface area (Å²) in [6, 6.07) is 8.79. The van der Waals surface area contributed by atoms with Crippen molar-refractivity contribution in [3.8, 4) is 0 Å². The van der Waals surface area contributed by atoms with Crippen LogP contribution in [-0.4, -0.2) is 12.8 Å². The molecule has 2 nitrogen and oxygen atoms in total. The highest BCUT2D eigenvalue weighted by molar-refractivity contribution is 5.79. The van der Waals surface area contributed by atoms with Crippen LogP contribution in [0.25, 0.3) is 0 Å². The summed E-state index contributed by atoms with van der Waals surface area (Å²) in [7, 11) is 0. The fourth-order valence-electron chi connectivity index (χ4n) is 3.07. The number of nitrogens with zero attached hydrogens (tertiary/aromatic N) is 1. The van der Waals surface area contributed by atoms with Crippen molar-refractivity contribution in [2.45, 2.75) is 70.6 Å². The van der Waals surface area contributed by atoms with Gasteiger partial charge in [-0.05, 0) is 48.8 Å². The first-order chi connectivity index (χ1) is 10.4. The Bertz CT molecular complexity index is 421. The van der Waals surface area contributed by atoms with E-state index < -0.39 is 0 Å². The van der Waals surface area contributed by atoms with E-state index in [0.717, 1.165) is 24.5 Å². The second-order valence-electron chi connectivity index (χ2n) is 6.13. The van der Waals surface area contributed by atoms with E-state index in [9.17, 15) is 0 Å². The molecule has 0 unspecified atom stereocenters. The summed E-state index contributed by atoms with van der Waals surface area (Å²) in [6.07, 6.45) is 13.6. The largest absolute Gasteiger partial charge is 0.396 e. The maximum Gasteiger partial charge on any atom is 0.117 e. The molecule has 0 atom stereocenters. The monoisotopic (exact) mass is 287 g/mol. The highest BCUT2D eigenvalue weighted by Crippen LogP contribution is 2.32. The van der Waals surface area contributed by atoms with Crippen LogP contribution in [0.4, 0.5) is 0 Å². The van der Waals surface area contributed by atoms with E-state index in [4.69, 9.17) is 4.84 Å². The zero-order valence-electron chi connectivity index (χ0n) is 13.4. The van der Waals surface area contributed by atoms with Crippen LogP contribution in [0.2, 0.25) is 0 Å². The van der Waals surface area contributed by atoms with Crippen molar-refractivity contribution in [3.05, 3.63) is 35.4 Å². The third kappa shape index (κ3) is 5.91. The molecule has 1 saturated carbocycles. The molecule has 2 heteroatoms. The first-order valence-corrected chi connectivity index (χ1v) is 8.65. The van der Waals surface area contributed by atoms with Gasteiger partial charge in [0.05, 0.1) is 6.21 Å². The summed E-state index contributed by atoms with van der Waals surface area (Å²) in [5, 5.41) is 4.10. The first-order valence-electron chi connectivity index (χ1n) is 8.65. The van der Waals surface area contributed by atoms with Crippen LogP contribution in [0.5, 0.6) is 0 Å². The number of hydrogen-bond donors (Lipinski definition) is 0. The van der Waals surface area contributed by atoms with Gasteiger partial charge in [-0.25, -0.2) is 0 Å². The Morgan fingerprint density at radius 2 is 2.00 bits per heavy atom. The van der Waals surface area contributed by atoms with E-state index in [1.54, 1.807) is 0 Å². The number of rotatable bonds is 8. The molecule has 0 heterocycles. The average Bonchev–Trinajstić information content (AvgIpc) is 2.55. The fraction of sp³-hybridized carbons (Fsp3) is 0.632. The van der Waals surface area contributed by atoms with E-state index in [2.05, 4.69) is 36.3 Å². The Morgan fingerprint density at radius 3 is 2.81 bits per heavy atom. The molecule has 0 aliphatic heterocycles. The molecular formula is C19H29NO. The van der Waals surface area contributed by atoms with Gasteiger partial charge in [-0.2, -0.15) is 0 Å². The van der Waals surface area contributed by atoms with Gasteiger partial charge < -0.3 is 4.84 Å². The Morgan fingerprint density at radius 1 is 1.14 bits per heavy atom. The molecule has 2 rings (SSSR count). The minimum Gasteiger partial charge on any atom is -0.396 e. The molecule has 0 spiro atoms. The number of hydrogen-bond acceptors (Lipinski definition) is 2. The second-order valence-corrected chi connectivity index (χ2v) is 6.13. The molecule has 1 aromatic rings. The van der Waals surface area contributed by atoms with Gasteiger partial charge in [0, 0.05) is 0 Å². The Balaban J connectivity index is 1.77. The van der Waals surface area contributed by atoms with E-state index in [-0.39, 0.29) is 0 Å². The maximum absolute atomic E-state index is 5.34. The van der Waals surface area contributed by atoms with Gasteiger partial charge in [-0.1, -0.05) is 62.4 Å². The van der Waals surface area contributed by atoms with Gasteiger partial charge in [0.15, 0.2) is 0 Å². The summed E-state index contributed by atoms with van der Waals surface area (Å²) in [5.74, 6) is 0.752. The molecule has 0 amide bonds. The van der Waals surface area contributed by atoms with Crippen molar-refractivity contribution in [1.82, 2.24) is 0 Å². The van der Waals surface area contributed by atoms with E-state index >= 15 is 0 Å². The molecule has 0 radical (unpaired) electrons. The molecule has 1 aliphatic rings. The third-order valence-corrected chi connectivity index (χ3v) is 4.35. The molecule has 0 bridgehead atoms. The van der Waals surface area contributed by atoms with Crippen LogP contribution >= 0.6 is 0 Å². The predicted molar refractivity (Wildman–Crippen MR) is 90.0 cm³/mol. The van der Waals surface area contributed by atoms with Gasteiger partial charge in [-0.15, -0.1) is 0 Å². The second kappa shape index (κ2) is 9.59. The SMILES string of the molecule is CCCCCCON=Cc1cccc(C2CCCCC2)c1. The average molecular weight is 287 g/mol. The molecule has 0 N–H and O–H groups in total. The van der Waals surface area contributed by atoms with E-state index in [1.807, 2.05) is 6.21 Å². The van der Waals surface area contributed by atoms with E-state index in [1.165, 1.54) is 56.9 Å². The lowest BCUT2D eigenvalue weighted by Gasteiger charge is -2.22. The molecule has 0 aromatic heterocycles. The van der Waals surface area contributed by atoms with Gasteiger partial charge in [0.2, 0.25) is 0 Å². The summed E-state index contributed by atoms with van der Waals surface area (Å²) in [6.45, 7) is 2.96. The molecule has 21 heavy (non-hydrogen) atoms. The summed E-state index contributed by atoms with van der Waals surface area (Å²) in [5.41, 5.74) is 2.63. The summed E-state index contributed by atoms with van der Waals surface area (Å²) < 4.78 is 0. The molecule has 1 aromatic carbocycles. The van der Waals surface area contributed by atoms with Crippen LogP contribution in [0.15, 0.2) is 29.4 Å². The molecule has 0 saturated heterocycles. The topological polar surface area (TPSA) is 21.6 Å². The van der Waals surface area contributed by atoms with Crippen molar-refractivity contribution in [2.75, 3.05) is 6.61 Å². The minimum atomic E-state index is 0.735. The molecule has 116 valence electrons. The number of unbranched alkanes of at least 4 members (excludes halogenated alkanes) is 3. The lowest BCUT2D eigenvalue weighted by atomic mass is 9.84. The van der Waals surface area contributed by atoms with E-state index in [0.29, 0.717) is 0 Å². The highest BCUT2D eigenvalue weighted by Gasteiger charge is 2.15. The lowest BCUT2D eigenvalue weighted by Crippen LogP contribution is -2.04. The van der Waals surface area contributed by atoms with Crippen molar-refractivity contribution >= 4 is 6.21 Å². The summed E-state index contributed by atoms with van der Waals surface area (Å²) >= 11 is 0. The van der Waals surface area contributed by atoms with Gasteiger partial charge in [0.25, 0.3) is 0 Å². The van der Waals surface area contributed by atoms with Gasteiger partial charge in [-0.3, -0.25) is 0 Å². The van der Waals surface area contributed by atoms with Gasteiger partial charge in [0.1, 0.15) is 6.61 Å². The lowest BCUT2D eigenvalue weighted by molar-refractivity contribution is 0.141. The highest BCUT2D eigenvalue weighted by atomic mass is 16.6. The number of benzene rings is 1. The van der Waals surface area contributed by atoms with Gasteiger partial charge >= 0.3 is 0 Å². The first kappa shape index (κ1) is 16.1. The zero-order chi connectivity index (χ0) is 14.8. The molecule has 1 aliphatic carbocycles. The smallest absolute Gasteiger partial charge is 0.117 e. The van der Waals surface area contributed by atoms with Crippen LogP contribution < -0.4 is 0 Å². The summed E-state index contributed by atoms with van der Waals surface area (Å²) in [4.78, 5) is 5.34. The van der Waals surface area contributed by atoms with Crippen molar-refractivity contribution in [1.29, 1.82) is 0 Å².